The number of amides is 1. The number of benzene rings is 1. The quantitative estimate of drug-likeness (QED) is 0.820. The first-order chi connectivity index (χ1) is 10.7. The van der Waals surface area contributed by atoms with Gasteiger partial charge in [0.15, 0.2) is 0 Å². The molecule has 0 aromatic heterocycles. The Bertz CT molecular complexity index is 616. The highest BCUT2D eigenvalue weighted by atomic mass is 79.9. The molecule has 2 rings (SSSR count). The lowest BCUT2D eigenvalue weighted by Crippen LogP contribution is -2.60. The van der Waals surface area contributed by atoms with Gasteiger partial charge in [0, 0.05) is 15.7 Å². The molecule has 126 valence electrons. The Morgan fingerprint density at radius 1 is 1.35 bits per heavy atom. The number of carbonyl (C=O) groups is 1. The fourth-order valence-corrected chi connectivity index (χ4v) is 2.46. The molecule has 1 aromatic carbocycles. The van der Waals surface area contributed by atoms with Gasteiger partial charge in [-0.3, -0.25) is 10.2 Å². The molecule has 1 aliphatic rings. The highest BCUT2D eigenvalue weighted by molar-refractivity contribution is 9.10. The summed E-state index contributed by atoms with van der Waals surface area (Å²) < 4.78 is 40.6. The zero-order valence-corrected chi connectivity index (χ0v) is 13.9. The van der Waals surface area contributed by atoms with Crippen LogP contribution in [0.2, 0.25) is 0 Å². The molecule has 0 fully saturated rings. The fraction of sp³-hybridized carbons (Fsp3) is 0.400. The van der Waals surface area contributed by atoms with Crippen LogP contribution >= 0.6 is 15.9 Å². The van der Waals surface area contributed by atoms with E-state index in [1.165, 1.54) is 12.1 Å². The summed E-state index contributed by atoms with van der Waals surface area (Å²) in [6.07, 6.45) is -2.60. The van der Waals surface area contributed by atoms with Crippen molar-refractivity contribution in [3.8, 4) is 0 Å². The molecule has 1 amide bonds. The molecule has 0 aliphatic carbocycles. The van der Waals surface area contributed by atoms with E-state index < -0.39 is 17.8 Å². The summed E-state index contributed by atoms with van der Waals surface area (Å²) in [5, 5.41) is 10.3. The third kappa shape index (κ3) is 3.53. The Hall–Kier alpha value is -1.54. The number of rotatable bonds is 4. The minimum Gasteiger partial charge on any atom is -0.359 e. The second-order valence-electron chi connectivity index (χ2n) is 5.26. The van der Waals surface area contributed by atoms with E-state index in [1.54, 1.807) is 12.1 Å². The molecule has 8 heteroatoms. The van der Waals surface area contributed by atoms with Gasteiger partial charge in [-0.25, -0.2) is 5.01 Å². The number of hydrogen-bond acceptors (Lipinski definition) is 3. The van der Waals surface area contributed by atoms with Crippen LogP contribution in [0.3, 0.4) is 0 Å². The van der Waals surface area contributed by atoms with Gasteiger partial charge in [-0.05, 0) is 43.2 Å². The van der Waals surface area contributed by atoms with Crippen LogP contribution in [0, 0.1) is 0 Å². The molecular weight excluding hydrogens is 377 g/mol. The van der Waals surface area contributed by atoms with Crippen molar-refractivity contribution in [2.45, 2.75) is 38.1 Å². The summed E-state index contributed by atoms with van der Waals surface area (Å²) in [5.41, 5.74) is -0.748. The molecule has 4 nitrogen and oxygen atoms in total. The molecule has 0 saturated carbocycles. The summed E-state index contributed by atoms with van der Waals surface area (Å²) in [6.45, 7) is 1.90. The van der Waals surface area contributed by atoms with Crippen LogP contribution in [0.5, 0.6) is 0 Å². The summed E-state index contributed by atoms with van der Waals surface area (Å²) in [4.78, 5) is 12.4. The Morgan fingerprint density at radius 3 is 2.48 bits per heavy atom. The molecule has 0 radical (unpaired) electrons. The lowest BCUT2D eigenvalue weighted by atomic mass is 10.1. The molecule has 1 heterocycles. The maximum absolute atomic E-state index is 13.3. The van der Waals surface area contributed by atoms with Crippen LogP contribution in [0.4, 0.5) is 13.2 Å². The average Bonchev–Trinajstić information content (AvgIpc) is 2.83. The SMILES string of the molecule is CCCCC1=C[C@@](O)(C(F)(F)F)N(C(=O)c2ccc(Br)cc2)N1. The number of hydrogen-bond donors (Lipinski definition) is 2. The van der Waals surface area contributed by atoms with E-state index >= 15 is 0 Å². The molecule has 0 saturated heterocycles. The van der Waals surface area contributed by atoms with Crippen LogP contribution in [-0.4, -0.2) is 27.9 Å². The number of carbonyl (C=O) groups excluding carboxylic acids is 1. The largest absolute Gasteiger partial charge is 0.442 e. The van der Waals surface area contributed by atoms with E-state index in [0.717, 1.165) is 6.42 Å². The van der Waals surface area contributed by atoms with E-state index in [2.05, 4.69) is 21.4 Å². The number of halogens is 4. The fourth-order valence-electron chi connectivity index (χ4n) is 2.20. The number of unbranched alkanes of at least 4 members (excludes halogenated alkanes) is 1. The number of nitrogens with one attached hydrogen (secondary N) is 1. The van der Waals surface area contributed by atoms with Crippen molar-refractivity contribution in [3.05, 3.63) is 46.1 Å². The Balaban J connectivity index is 2.32. The number of hydrazine groups is 1. The topological polar surface area (TPSA) is 52.6 Å². The highest BCUT2D eigenvalue weighted by Crippen LogP contribution is 2.39. The van der Waals surface area contributed by atoms with Crippen LogP contribution in [-0.2, 0) is 0 Å². The van der Waals surface area contributed by atoms with E-state index in [4.69, 9.17) is 0 Å². The maximum atomic E-state index is 13.3. The minimum absolute atomic E-state index is 0.0357. The van der Waals surface area contributed by atoms with Crippen LogP contribution < -0.4 is 5.43 Å². The van der Waals surface area contributed by atoms with Gasteiger partial charge in [0.2, 0.25) is 0 Å². The Kier molecular flexibility index (Phi) is 5.05. The smallest absolute Gasteiger partial charge is 0.359 e. The van der Waals surface area contributed by atoms with Gasteiger partial charge < -0.3 is 5.11 Å². The monoisotopic (exact) mass is 392 g/mol. The van der Waals surface area contributed by atoms with Crippen LogP contribution in [0.25, 0.3) is 0 Å². The first kappa shape index (κ1) is 17.8. The molecule has 0 bridgehead atoms. The first-order valence-corrected chi connectivity index (χ1v) is 7.86. The molecular formula is C15H16BrF3N2O2. The van der Waals surface area contributed by atoms with Crippen molar-refractivity contribution in [1.29, 1.82) is 0 Å². The zero-order chi connectivity index (χ0) is 17.3. The summed E-state index contributed by atoms with van der Waals surface area (Å²) >= 11 is 3.19. The average molecular weight is 393 g/mol. The highest BCUT2D eigenvalue weighted by Gasteiger charge is 2.61. The summed E-state index contributed by atoms with van der Waals surface area (Å²) in [6, 6.07) is 5.85. The van der Waals surface area contributed by atoms with Crippen LogP contribution in [0.15, 0.2) is 40.5 Å². The second kappa shape index (κ2) is 6.52. The van der Waals surface area contributed by atoms with E-state index in [1.807, 2.05) is 6.92 Å². The van der Waals surface area contributed by atoms with Gasteiger partial charge in [-0.2, -0.15) is 13.2 Å². The minimum atomic E-state index is -5.01. The molecule has 0 spiro atoms. The van der Waals surface area contributed by atoms with Crippen LogP contribution in [0.1, 0.15) is 36.5 Å². The molecule has 2 N–H and O–H groups in total. The molecule has 1 aromatic rings. The molecule has 0 unspecified atom stereocenters. The van der Waals surface area contributed by atoms with Crippen molar-refractivity contribution in [2.75, 3.05) is 0 Å². The molecule has 1 atom stereocenters. The van der Waals surface area contributed by atoms with Gasteiger partial charge >= 0.3 is 6.18 Å². The lowest BCUT2D eigenvalue weighted by molar-refractivity contribution is -0.283. The normalized spacial score (nSPS) is 21.1. The van der Waals surface area contributed by atoms with Crippen molar-refractivity contribution >= 4 is 21.8 Å². The zero-order valence-electron chi connectivity index (χ0n) is 12.3. The molecule has 1 aliphatic heterocycles. The number of aliphatic hydroxyl groups is 1. The second-order valence-corrected chi connectivity index (χ2v) is 6.17. The third-order valence-corrected chi connectivity index (χ3v) is 4.01. The third-order valence-electron chi connectivity index (χ3n) is 3.48. The Morgan fingerprint density at radius 2 is 1.96 bits per heavy atom. The van der Waals surface area contributed by atoms with Gasteiger partial charge in [0.25, 0.3) is 11.6 Å². The first-order valence-electron chi connectivity index (χ1n) is 7.06. The van der Waals surface area contributed by atoms with Gasteiger partial charge in [0.05, 0.1) is 0 Å². The summed E-state index contributed by atoms with van der Waals surface area (Å²) in [7, 11) is 0. The van der Waals surface area contributed by atoms with E-state index in [9.17, 15) is 23.1 Å². The van der Waals surface area contributed by atoms with Gasteiger partial charge in [-0.1, -0.05) is 29.3 Å². The predicted molar refractivity (Wildman–Crippen MR) is 82.1 cm³/mol. The molecule has 23 heavy (non-hydrogen) atoms. The van der Waals surface area contributed by atoms with Crippen molar-refractivity contribution in [1.82, 2.24) is 10.4 Å². The summed E-state index contributed by atoms with van der Waals surface area (Å²) in [5.74, 6) is -0.958. The number of nitrogens with zero attached hydrogens (tertiary/aromatic N) is 1. The van der Waals surface area contributed by atoms with Gasteiger partial charge in [-0.15, -0.1) is 0 Å². The predicted octanol–water partition coefficient (Wildman–Crippen LogP) is 3.73. The van der Waals surface area contributed by atoms with Crippen molar-refractivity contribution in [3.63, 3.8) is 0 Å². The maximum Gasteiger partial charge on any atom is 0.442 e. The van der Waals surface area contributed by atoms with E-state index in [0.29, 0.717) is 23.4 Å². The van der Waals surface area contributed by atoms with Gasteiger partial charge in [0.1, 0.15) is 0 Å². The van der Waals surface area contributed by atoms with Crippen molar-refractivity contribution < 1.29 is 23.1 Å². The Labute approximate surface area is 140 Å². The van der Waals surface area contributed by atoms with E-state index in [-0.39, 0.29) is 16.3 Å². The van der Waals surface area contributed by atoms with Crippen molar-refractivity contribution in [2.24, 2.45) is 0 Å². The number of alkyl halides is 3. The lowest BCUT2D eigenvalue weighted by Gasteiger charge is -2.33. The standard InChI is InChI=1S/C15H16BrF3N2O2/c1-2-3-4-12-9-14(23,15(17,18)19)21(20-12)13(22)10-5-7-11(16)8-6-10/h5-9,20,23H,2-4H2,1H3/t14-/m1/s1. The number of allylic oxidation sites excluding steroid dienone is 1.